The zero-order chi connectivity index (χ0) is 13.7. The van der Waals surface area contributed by atoms with Crippen LogP contribution in [0.2, 0.25) is 0 Å². The normalized spacial score (nSPS) is 25.9. The molecule has 0 unspecified atom stereocenters. The van der Waals surface area contributed by atoms with Crippen molar-refractivity contribution in [3.8, 4) is 6.07 Å². The average molecular weight is 257 g/mol. The first-order chi connectivity index (χ1) is 9.20. The Balaban J connectivity index is 1.82. The first kappa shape index (κ1) is 14.0. The van der Waals surface area contributed by atoms with Crippen LogP contribution in [-0.2, 0) is 5.41 Å². The van der Waals surface area contributed by atoms with Gasteiger partial charge in [0, 0.05) is 19.1 Å². The molecule has 1 aliphatic rings. The third-order valence-corrected chi connectivity index (χ3v) is 4.20. The highest BCUT2D eigenvalue weighted by atomic mass is 15.1. The highest BCUT2D eigenvalue weighted by Crippen LogP contribution is 2.43. The number of hydrogen-bond donors (Lipinski definition) is 1. The van der Waals surface area contributed by atoms with E-state index in [9.17, 15) is 5.26 Å². The number of nitrogens with zero attached hydrogens (tertiary/aromatic N) is 2. The monoisotopic (exact) mass is 257 g/mol. The van der Waals surface area contributed by atoms with Crippen molar-refractivity contribution in [1.82, 2.24) is 10.2 Å². The first-order valence-corrected chi connectivity index (χ1v) is 7.09. The predicted molar refractivity (Wildman–Crippen MR) is 77.9 cm³/mol. The maximum Gasteiger partial charge on any atom is 0.0852 e. The molecule has 3 heteroatoms. The molecule has 0 aromatic heterocycles. The van der Waals surface area contributed by atoms with Crippen LogP contribution in [0.3, 0.4) is 0 Å². The number of likely N-dealkylation sites (N-methyl/N-ethyl adjacent to an activating group) is 1. The molecule has 0 atom stereocenters. The molecule has 1 aromatic carbocycles. The van der Waals surface area contributed by atoms with Crippen LogP contribution >= 0.6 is 0 Å². The van der Waals surface area contributed by atoms with Crippen molar-refractivity contribution in [3.63, 3.8) is 0 Å². The molecular formula is C16H23N3. The molecule has 1 fully saturated rings. The van der Waals surface area contributed by atoms with Gasteiger partial charge in [-0.25, -0.2) is 0 Å². The van der Waals surface area contributed by atoms with Gasteiger partial charge in [-0.05, 0) is 32.0 Å². The summed E-state index contributed by atoms with van der Waals surface area (Å²) in [5.41, 5.74) is 0.913. The Kier molecular flexibility index (Phi) is 4.57. The third-order valence-electron chi connectivity index (χ3n) is 4.20. The Morgan fingerprint density at radius 2 is 2.05 bits per heavy atom. The SMILES string of the molecule is CCN(C)CCNC1CC(C#N)(c2ccccc2)C1. The molecule has 0 saturated heterocycles. The zero-order valence-electron chi connectivity index (χ0n) is 11.9. The van der Waals surface area contributed by atoms with Crippen LogP contribution in [0.1, 0.15) is 25.3 Å². The first-order valence-electron chi connectivity index (χ1n) is 7.09. The zero-order valence-corrected chi connectivity index (χ0v) is 11.9. The number of hydrogen-bond acceptors (Lipinski definition) is 3. The molecule has 19 heavy (non-hydrogen) atoms. The third kappa shape index (κ3) is 3.15. The molecule has 0 spiro atoms. The lowest BCUT2D eigenvalue weighted by molar-refractivity contribution is 0.218. The highest BCUT2D eigenvalue weighted by Gasteiger charge is 2.45. The van der Waals surface area contributed by atoms with E-state index >= 15 is 0 Å². The average Bonchev–Trinajstić information content (AvgIpc) is 2.42. The molecule has 0 heterocycles. The minimum Gasteiger partial charge on any atom is -0.313 e. The second kappa shape index (κ2) is 6.18. The van der Waals surface area contributed by atoms with Crippen LogP contribution < -0.4 is 5.32 Å². The molecule has 102 valence electrons. The summed E-state index contributed by atoms with van der Waals surface area (Å²) in [6.45, 7) is 5.32. The quantitative estimate of drug-likeness (QED) is 0.848. The molecule has 1 saturated carbocycles. The minimum absolute atomic E-state index is 0.254. The van der Waals surface area contributed by atoms with Gasteiger partial charge in [0.1, 0.15) is 0 Å². The van der Waals surface area contributed by atoms with E-state index in [4.69, 9.17) is 0 Å². The molecule has 0 bridgehead atoms. The Labute approximate surface area is 116 Å². The molecule has 1 N–H and O–H groups in total. The Hall–Kier alpha value is -1.37. The van der Waals surface area contributed by atoms with Crippen molar-refractivity contribution in [2.45, 2.75) is 31.2 Å². The van der Waals surface area contributed by atoms with Gasteiger partial charge in [0.2, 0.25) is 0 Å². The fourth-order valence-electron chi connectivity index (χ4n) is 2.69. The number of rotatable bonds is 6. The van der Waals surface area contributed by atoms with Gasteiger partial charge < -0.3 is 10.2 Å². The van der Waals surface area contributed by atoms with Crippen molar-refractivity contribution in [1.29, 1.82) is 5.26 Å². The van der Waals surface area contributed by atoms with Crippen LogP contribution in [0, 0.1) is 11.3 Å². The molecule has 1 aromatic rings. The largest absolute Gasteiger partial charge is 0.313 e. The molecule has 3 nitrogen and oxygen atoms in total. The van der Waals surface area contributed by atoms with Crippen LogP contribution in [0.4, 0.5) is 0 Å². The summed E-state index contributed by atoms with van der Waals surface area (Å²) < 4.78 is 0. The van der Waals surface area contributed by atoms with E-state index in [1.54, 1.807) is 0 Å². The maximum atomic E-state index is 9.47. The van der Waals surface area contributed by atoms with Gasteiger partial charge in [0.25, 0.3) is 0 Å². The van der Waals surface area contributed by atoms with Gasteiger partial charge in [0.15, 0.2) is 0 Å². The lowest BCUT2D eigenvalue weighted by Crippen LogP contribution is -2.52. The molecule has 0 amide bonds. The second-order valence-corrected chi connectivity index (χ2v) is 5.52. The van der Waals surface area contributed by atoms with Crippen molar-refractivity contribution in [2.75, 3.05) is 26.7 Å². The molecule has 0 aliphatic heterocycles. The summed E-state index contributed by atoms with van der Waals surface area (Å²) in [5.74, 6) is 0. The summed E-state index contributed by atoms with van der Waals surface area (Å²) in [7, 11) is 2.13. The smallest absolute Gasteiger partial charge is 0.0852 e. The molecule has 2 rings (SSSR count). The van der Waals surface area contributed by atoms with Gasteiger partial charge in [-0.15, -0.1) is 0 Å². The summed E-state index contributed by atoms with van der Waals surface area (Å²) in [4.78, 5) is 2.29. The van der Waals surface area contributed by atoms with E-state index in [1.807, 2.05) is 18.2 Å². The maximum absolute atomic E-state index is 9.47. The van der Waals surface area contributed by atoms with Crippen molar-refractivity contribution in [2.24, 2.45) is 0 Å². The summed E-state index contributed by atoms with van der Waals surface area (Å²) in [6, 6.07) is 13.2. The van der Waals surface area contributed by atoms with Crippen molar-refractivity contribution < 1.29 is 0 Å². The molecule has 0 radical (unpaired) electrons. The topological polar surface area (TPSA) is 39.1 Å². The number of benzene rings is 1. The van der Waals surface area contributed by atoms with Gasteiger partial charge in [-0.3, -0.25) is 0 Å². The van der Waals surface area contributed by atoms with Crippen LogP contribution in [0.15, 0.2) is 30.3 Å². The summed E-state index contributed by atoms with van der Waals surface area (Å²) in [6.07, 6.45) is 1.87. The van der Waals surface area contributed by atoms with E-state index in [-0.39, 0.29) is 5.41 Å². The standard InChI is InChI=1S/C16H23N3/c1-3-19(2)10-9-18-15-11-16(12-15,13-17)14-7-5-4-6-8-14/h4-8,15,18H,3,9-12H2,1-2H3. The summed E-state index contributed by atoms with van der Waals surface area (Å²) in [5, 5.41) is 13.0. The van der Waals surface area contributed by atoms with Crippen molar-refractivity contribution >= 4 is 0 Å². The number of nitrogens with one attached hydrogen (secondary N) is 1. The van der Waals surface area contributed by atoms with Gasteiger partial charge in [0.05, 0.1) is 11.5 Å². The highest BCUT2D eigenvalue weighted by molar-refractivity contribution is 5.36. The lowest BCUT2D eigenvalue weighted by Gasteiger charge is -2.43. The number of nitriles is 1. The Morgan fingerprint density at radius 1 is 1.37 bits per heavy atom. The minimum atomic E-state index is -0.254. The van der Waals surface area contributed by atoms with Gasteiger partial charge in [-0.1, -0.05) is 37.3 Å². The Bertz CT molecular complexity index is 429. The van der Waals surface area contributed by atoms with Crippen LogP contribution in [-0.4, -0.2) is 37.6 Å². The van der Waals surface area contributed by atoms with Gasteiger partial charge in [-0.2, -0.15) is 5.26 Å². The lowest BCUT2D eigenvalue weighted by atomic mass is 9.62. The van der Waals surface area contributed by atoms with E-state index in [2.05, 4.69) is 42.4 Å². The molecular weight excluding hydrogens is 234 g/mol. The second-order valence-electron chi connectivity index (χ2n) is 5.52. The Morgan fingerprint density at radius 3 is 2.63 bits per heavy atom. The van der Waals surface area contributed by atoms with E-state index in [1.165, 1.54) is 5.56 Å². The van der Waals surface area contributed by atoms with E-state index in [0.29, 0.717) is 6.04 Å². The predicted octanol–water partition coefficient (Wildman–Crippen LogP) is 2.15. The fourth-order valence-corrected chi connectivity index (χ4v) is 2.69. The van der Waals surface area contributed by atoms with E-state index in [0.717, 1.165) is 32.5 Å². The van der Waals surface area contributed by atoms with Crippen molar-refractivity contribution in [3.05, 3.63) is 35.9 Å². The summed E-state index contributed by atoms with van der Waals surface area (Å²) >= 11 is 0. The van der Waals surface area contributed by atoms with Gasteiger partial charge >= 0.3 is 0 Å². The molecule has 1 aliphatic carbocycles. The fraction of sp³-hybridized carbons (Fsp3) is 0.562. The van der Waals surface area contributed by atoms with Crippen LogP contribution in [0.5, 0.6) is 0 Å². The van der Waals surface area contributed by atoms with Crippen LogP contribution in [0.25, 0.3) is 0 Å². The van der Waals surface area contributed by atoms with E-state index < -0.39 is 0 Å².